The van der Waals surface area contributed by atoms with E-state index >= 15 is 0 Å². The van der Waals surface area contributed by atoms with Gasteiger partial charge in [0, 0.05) is 0 Å². The Morgan fingerprint density at radius 1 is 1.12 bits per heavy atom. The van der Waals surface area contributed by atoms with Gasteiger partial charge in [0.05, 0.1) is 13.2 Å². The van der Waals surface area contributed by atoms with Crippen LogP contribution < -0.4 is 4.74 Å². The third-order valence-corrected chi connectivity index (χ3v) is 3.55. The van der Waals surface area contributed by atoms with Crippen LogP contribution in [0.3, 0.4) is 0 Å². The lowest BCUT2D eigenvalue weighted by atomic mass is 9.83. The number of methoxy groups -OCH3 is 1. The fourth-order valence-electron chi connectivity index (χ4n) is 2.52. The average molecular weight is 220 g/mol. The number of hydrogen-bond acceptors (Lipinski definition) is 2. The first-order chi connectivity index (χ1) is 7.81. The Morgan fingerprint density at radius 3 is 2.31 bits per heavy atom. The van der Waals surface area contributed by atoms with Crippen LogP contribution >= 0.6 is 0 Å². The van der Waals surface area contributed by atoms with Crippen LogP contribution in [0.4, 0.5) is 0 Å². The molecule has 0 amide bonds. The Kier molecular flexibility index (Phi) is 3.83. The van der Waals surface area contributed by atoms with E-state index in [1.54, 1.807) is 7.11 Å². The lowest BCUT2D eigenvalue weighted by molar-refractivity contribution is 0.0848. The molecule has 2 rings (SSSR count). The van der Waals surface area contributed by atoms with Crippen LogP contribution in [0.1, 0.15) is 43.8 Å². The molecule has 1 aliphatic carbocycles. The van der Waals surface area contributed by atoms with Gasteiger partial charge in [0.2, 0.25) is 0 Å². The largest absolute Gasteiger partial charge is 0.497 e. The molecular weight excluding hydrogens is 200 g/mol. The van der Waals surface area contributed by atoms with Gasteiger partial charge in [0.25, 0.3) is 0 Å². The van der Waals surface area contributed by atoms with Crippen molar-refractivity contribution in [3.05, 3.63) is 29.8 Å². The van der Waals surface area contributed by atoms with Crippen molar-refractivity contribution < 1.29 is 9.84 Å². The minimum absolute atomic E-state index is 0.300. The Hall–Kier alpha value is -1.02. The Bertz CT molecular complexity index is 312. The van der Waals surface area contributed by atoms with Gasteiger partial charge in [-0.05, 0) is 36.5 Å². The maximum absolute atomic E-state index is 10.3. The van der Waals surface area contributed by atoms with E-state index in [0.717, 1.165) is 24.2 Å². The van der Waals surface area contributed by atoms with Gasteiger partial charge in [-0.2, -0.15) is 0 Å². The lowest BCUT2D eigenvalue weighted by Crippen LogP contribution is -2.15. The zero-order valence-electron chi connectivity index (χ0n) is 9.86. The Labute approximate surface area is 97.3 Å². The second kappa shape index (κ2) is 5.35. The van der Waals surface area contributed by atoms with Gasteiger partial charge < -0.3 is 9.84 Å². The average Bonchev–Trinajstić information content (AvgIpc) is 2.39. The van der Waals surface area contributed by atoms with Gasteiger partial charge in [-0.1, -0.05) is 31.4 Å². The maximum Gasteiger partial charge on any atom is 0.118 e. The summed E-state index contributed by atoms with van der Waals surface area (Å²) in [5.41, 5.74) is 1.02. The smallest absolute Gasteiger partial charge is 0.118 e. The van der Waals surface area contributed by atoms with Crippen LogP contribution in [0.25, 0.3) is 0 Å². The highest BCUT2D eigenvalue weighted by Gasteiger charge is 2.22. The predicted octanol–water partition coefficient (Wildman–Crippen LogP) is 3.31. The van der Waals surface area contributed by atoms with Crippen molar-refractivity contribution >= 4 is 0 Å². The van der Waals surface area contributed by atoms with Gasteiger partial charge in [0.1, 0.15) is 5.75 Å². The zero-order chi connectivity index (χ0) is 11.4. The highest BCUT2D eigenvalue weighted by atomic mass is 16.5. The van der Waals surface area contributed by atoms with Crippen molar-refractivity contribution in [2.75, 3.05) is 7.11 Å². The van der Waals surface area contributed by atoms with Crippen molar-refractivity contribution in [2.24, 2.45) is 5.92 Å². The van der Waals surface area contributed by atoms with Gasteiger partial charge in [-0.25, -0.2) is 0 Å². The first kappa shape index (κ1) is 11.5. The summed E-state index contributed by atoms with van der Waals surface area (Å²) in [4.78, 5) is 0. The molecule has 0 saturated heterocycles. The minimum Gasteiger partial charge on any atom is -0.497 e. The Morgan fingerprint density at radius 2 is 1.75 bits per heavy atom. The maximum atomic E-state index is 10.3. The molecule has 0 heterocycles. The van der Waals surface area contributed by atoms with E-state index in [1.807, 2.05) is 24.3 Å². The summed E-state index contributed by atoms with van der Waals surface area (Å²) in [6.07, 6.45) is 5.87. The number of benzene rings is 1. The molecule has 1 unspecified atom stereocenters. The summed E-state index contributed by atoms with van der Waals surface area (Å²) in [5, 5.41) is 10.3. The molecule has 1 aliphatic rings. The van der Waals surface area contributed by atoms with E-state index in [2.05, 4.69) is 0 Å². The molecule has 2 nitrogen and oxygen atoms in total. The van der Waals surface area contributed by atoms with Crippen LogP contribution in [-0.2, 0) is 0 Å². The molecule has 1 atom stereocenters. The van der Waals surface area contributed by atoms with Crippen molar-refractivity contribution in [1.82, 2.24) is 0 Å². The summed E-state index contributed by atoms with van der Waals surface area (Å²) in [7, 11) is 1.66. The molecule has 1 fully saturated rings. The number of aliphatic hydroxyl groups excluding tert-OH is 1. The molecule has 0 aliphatic heterocycles. The first-order valence-electron chi connectivity index (χ1n) is 6.13. The highest BCUT2D eigenvalue weighted by Crippen LogP contribution is 2.34. The normalized spacial score (nSPS) is 19.4. The minimum atomic E-state index is -0.300. The van der Waals surface area contributed by atoms with E-state index in [9.17, 15) is 5.11 Å². The summed E-state index contributed by atoms with van der Waals surface area (Å²) < 4.78 is 5.11. The van der Waals surface area contributed by atoms with Crippen molar-refractivity contribution in [2.45, 2.75) is 38.2 Å². The summed E-state index contributed by atoms with van der Waals surface area (Å²) in [6, 6.07) is 7.78. The van der Waals surface area contributed by atoms with Crippen LogP contribution in [0, 0.1) is 5.92 Å². The lowest BCUT2D eigenvalue weighted by Gasteiger charge is -2.26. The number of aliphatic hydroxyl groups is 1. The number of hydrogen-bond donors (Lipinski definition) is 1. The third-order valence-electron chi connectivity index (χ3n) is 3.55. The van der Waals surface area contributed by atoms with Crippen LogP contribution in [-0.4, -0.2) is 12.2 Å². The molecule has 16 heavy (non-hydrogen) atoms. The van der Waals surface area contributed by atoms with Gasteiger partial charge in [0.15, 0.2) is 0 Å². The zero-order valence-corrected chi connectivity index (χ0v) is 9.86. The molecule has 0 aromatic heterocycles. The summed E-state index contributed by atoms with van der Waals surface area (Å²) in [6.45, 7) is 0. The number of ether oxygens (including phenoxy) is 1. The van der Waals surface area contributed by atoms with E-state index in [-0.39, 0.29) is 6.10 Å². The number of rotatable bonds is 3. The van der Waals surface area contributed by atoms with E-state index in [0.29, 0.717) is 5.92 Å². The van der Waals surface area contributed by atoms with Gasteiger partial charge in [-0.3, -0.25) is 0 Å². The summed E-state index contributed by atoms with van der Waals surface area (Å²) in [5.74, 6) is 1.29. The van der Waals surface area contributed by atoms with E-state index < -0.39 is 0 Å². The molecule has 1 N–H and O–H groups in total. The van der Waals surface area contributed by atoms with Crippen LogP contribution in [0.15, 0.2) is 24.3 Å². The van der Waals surface area contributed by atoms with Gasteiger partial charge in [-0.15, -0.1) is 0 Å². The SMILES string of the molecule is COc1ccc(C(O)C2CCCCC2)cc1. The van der Waals surface area contributed by atoms with E-state index in [4.69, 9.17) is 4.74 Å². The van der Waals surface area contributed by atoms with Crippen LogP contribution in [0.2, 0.25) is 0 Å². The summed E-state index contributed by atoms with van der Waals surface area (Å²) >= 11 is 0. The van der Waals surface area contributed by atoms with E-state index in [1.165, 1.54) is 19.3 Å². The topological polar surface area (TPSA) is 29.5 Å². The second-order valence-corrected chi connectivity index (χ2v) is 4.62. The highest BCUT2D eigenvalue weighted by molar-refractivity contribution is 5.28. The van der Waals surface area contributed by atoms with Crippen molar-refractivity contribution in [3.8, 4) is 5.75 Å². The predicted molar refractivity (Wildman–Crippen MR) is 64.5 cm³/mol. The molecule has 0 spiro atoms. The quantitative estimate of drug-likeness (QED) is 0.846. The molecule has 1 saturated carbocycles. The van der Waals surface area contributed by atoms with Crippen molar-refractivity contribution in [3.63, 3.8) is 0 Å². The van der Waals surface area contributed by atoms with Crippen molar-refractivity contribution in [1.29, 1.82) is 0 Å². The van der Waals surface area contributed by atoms with Crippen LogP contribution in [0.5, 0.6) is 5.75 Å². The first-order valence-corrected chi connectivity index (χ1v) is 6.13. The molecular formula is C14H20O2. The molecule has 0 radical (unpaired) electrons. The molecule has 2 heteroatoms. The standard InChI is InChI=1S/C14H20O2/c1-16-13-9-7-12(8-10-13)14(15)11-5-3-2-4-6-11/h7-11,14-15H,2-6H2,1H3. The molecule has 0 bridgehead atoms. The molecule has 88 valence electrons. The Balaban J connectivity index is 2.04. The monoisotopic (exact) mass is 220 g/mol. The molecule has 1 aromatic carbocycles. The fourth-order valence-corrected chi connectivity index (χ4v) is 2.52. The second-order valence-electron chi connectivity index (χ2n) is 4.62. The van der Waals surface area contributed by atoms with Gasteiger partial charge >= 0.3 is 0 Å². The fraction of sp³-hybridized carbons (Fsp3) is 0.571. The third kappa shape index (κ3) is 2.56. The molecule has 1 aromatic rings.